The Morgan fingerprint density at radius 2 is 1.95 bits per heavy atom. The van der Waals surface area contributed by atoms with Crippen LogP contribution in [0.5, 0.6) is 0 Å². The second-order valence-electron chi connectivity index (χ2n) is 4.07. The molecule has 0 amide bonds. The van der Waals surface area contributed by atoms with E-state index in [0.717, 1.165) is 18.5 Å². The molecular formula is C13H16FN5. The van der Waals surface area contributed by atoms with Crippen LogP contribution in [0, 0.1) is 5.82 Å². The Hall–Kier alpha value is -2.24. The van der Waals surface area contributed by atoms with Crippen molar-refractivity contribution in [2.24, 2.45) is 0 Å². The van der Waals surface area contributed by atoms with Gasteiger partial charge in [0.1, 0.15) is 5.82 Å². The fraction of sp³-hybridized carbons (Fsp3) is 0.308. The van der Waals surface area contributed by atoms with Gasteiger partial charge in [0.2, 0.25) is 5.95 Å². The Morgan fingerprint density at radius 1 is 1.16 bits per heavy atom. The topological polar surface area (TPSA) is 62.7 Å². The first kappa shape index (κ1) is 13.2. The van der Waals surface area contributed by atoms with Crippen LogP contribution in [-0.2, 0) is 6.54 Å². The molecule has 0 bridgehead atoms. The molecule has 2 N–H and O–H groups in total. The van der Waals surface area contributed by atoms with E-state index in [1.807, 2.05) is 0 Å². The molecule has 2 rings (SSSR count). The molecular weight excluding hydrogens is 245 g/mol. The predicted molar refractivity (Wildman–Crippen MR) is 72.3 cm³/mol. The molecule has 1 aromatic carbocycles. The van der Waals surface area contributed by atoms with Gasteiger partial charge in [0.25, 0.3) is 0 Å². The van der Waals surface area contributed by atoms with E-state index >= 15 is 0 Å². The number of aromatic nitrogens is 3. The Bertz CT molecular complexity index is 515. The van der Waals surface area contributed by atoms with E-state index in [2.05, 4.69) is 32.7 Å². The molecule has 0 aliphatic heterocycles. The SMILES string of the molecule is CCCNc1nncc(NCc2ccc(F)cc2)n1. The van der Waals surface area contributed by atoms with Gasteiger partial charge < -0.3 is 10.6 Å². The van der Waals surface area contributed by atoms with Crippen LogP contribution in [0.15, 0.2) is 30.5 Å². The van der Waals surface area contributed by atoms with E-state index in [9.17, 15) is 4.39 Å². The number of hydrogen-bond donors (Lipinski definition) is 2. The highest BCUT2D eigenvalue weighted by molar-refractivity contribution is 5.37. The average Bonchev–Trinajstić information content (AvgIpc) is 2.45. The number of halogens is 1. The smallest absolute Gasteiger partial charge is 0.244 e. The van der Waals surface area contributed by atoms with Crippen molar-refractivity contribution >= 4 is 11.8 Å². The number of benzene rings is 1. The molecule has 0 saturated carbocycles. The average molecular weight is 261 g/mol. The highest BCUT2D eigenvalue weighted by Crippen LogP contribution is 2.07. The Balaban J connectivity index is 1.93. The van der Waals surface area contributed by atoms with Crippen LogP contribution >= 0.6 is 0 Å². The van der Waals surface area contributed by atoms with Crippen LogP contribution in [0.2, 0.25) is 0 Å². The standard InChI is InChI=1S/C13H16FN5/c1-2-7-15-13-18-12(9-17-19-13)16-8-10-3-5-11(14)6-4-10/h3-6,9H,2,7-8H2,1H3,(H2,15,16,18,19). The van der Waals surface area contributed by atoms with Crippen molar-refractivity contribution in [1.82, 2.24) is 15.2 Å². The zero-order valence-corrected chi connectivity index (χ0v) is 10.7. The van der Waals surface area contributed by atoms with E-state index in [4.69, 9.17) is 0 Å². The lowest BCUT2D eigenvalue weighted by Gasteiger charge is -2.07. The molecule has 0 saturated heterocycles. The van der Waals surface area contributed by atoms with Gasteiger partial charge in [0.15, 0.2) is 5.82 Å². The summed E-state index contributed by atoms with van der Waals surface area (Å²) in [5.74, 6) is 0.905. The van der Waals surface area contributed by atoms with Crippen molar-refractivity contribution < 1.29 is 4.39 Å². The summed E-state index contributed by atoms with van der Waals surface area (Å²) in [4.78, 5) is 4.27. The van der Waals surface area contributed by atoms with Gasteiger partial charge in [0.05, 0.1) is 6.20 Å². The number of anilines is 2. The van der Waals surface area contributed by atoms with Gasteiger partial charge in [-0.3, -0.25) is 0 Å². The summed E-state index contributed by atoms with van der Waals surface area (Å²) in [6, 6.07) is 6.33. The van der Waals surface area contributed by atoms with Gasteiger partial charge >= 0.3 is 0 Å². The van der Waals surface area contributed by atoms with E-state index < -0.39 is 0 Å². The Morgan fingerprint density at radius 3 is 2.68 bits per heavy atom. The van der Waals surface area contributed by atoms with Crippen molar-refractivity contribution in [2.45, 2.75) is 19.9 Å². The van der Waals surface area contributed by atoms with E-state index in [0.29, 0.717) is 18.3 Å². The summed E-state index contributed by atoms with van der Waals surface area (Å²) in [7, 11) is 0. The zero-order valence-electron chi connectivity index (χ0n) is 10.7. The molecule has 2 aromatic rings. The van der Waals surface area contributed by atoms with Crippen molar-refractivity contribution in [3.8, 4) is 0 Å². The first-order valence-electron chi connectivity index (χ1n) is 6.20. The minimum atomic E-state index is -0.237. The second kappa shape index (κ2) is 6.63. The zero-order chi connectivity index (χ0) is 13.5. The Kier molecular flexibility index (Phi) is 4.60. The molecule has 0 aliphatic carbocycles. The molecule has 0 aliphatic rings. The predicted octanol–water partition coefficient (Wildman–Crippen LogP) is 2.44. The molecule has 1 aromatic heterocycles. The van der Waals surface area contributed by atoms with Crippen molar-refractivity contribution in [3.05, 3.63) is 41.8 Å². The lowest BCUT2D eigenvalue weighted by molar-refractivity contribution is 0.627. The third-order valence-corrected chi connectivity index (χ3v) is 2.48. The maximum Gasteiger partial charge on any atom is 0.244 e. The maximum absolute atomic E-state index is 12.8. The van der Waals surface area contributed by atoms with Gasteiger partial charge in [-0.2, -0.15) is 10.1 Å². The first-order chi connectivity index (χ1) is 9.28. The van der Waals surface area contributed by atoms with Gasteiger partial charge in [-0.15, -0.1) is 5.10 Å². The minimum absolute atomic E-state index is 0.237. The third-order valence-electron chi connectivity index (χ3n) is 2.48. The summed E-state index contributed by atoms with van der Waals surface area (Å²) in [5, 5.41) is 13.9. The molecule has 19 heavy (non-hydrogen) atoms. The van der Waals surface area contributed by atoms with Crippen LogP contribution in [-0.4, -0.2) is 21.7 Å². The summed E-state index contributed by atoms with van der Waals surface area (Å²) in [6.07, 6.45) is 2.55. The number of nitrogens with one attached hydrogen (secondary N) is 2. The lowest BCUT2D eigenvalue weighted by Crippen LogP contribution is -2.08. The summed E-state index contributed by atoms with van der Waals surface area (Å²) in [5.41, 5.74) is 0.975. The first-order valence-corrected chi connectivity index (χ1v) is 6.20. The van der Waals surface area contributed by atoms with Gasteiger partial charge in [0, 0.05) is 13.1 Å². The number of hydrogen-bond acceptors (Lipinski definition) is 5. The van der Waals surface area contributed by atoms with Crippen LogP contribution in [0.3, 0.4) is 0 Å². The summed E-state index contributed by atoms with van der Waals surface area (Å²) >= 11 is 0. The number of rotatable bonds is 6. The van der Waals surface area contributed by atoms with E-state index in [1.165, 1.54) is 12.1 Å². The quantitative estimate of drug-likeness (QED) is 0.836. The molecule has 0 spiro atoms. The minimum Gasteiger partial charge on any atom is -0.365 e. The van der Waals surface area contributed by atoms with Gasteiger partial charge in [-0.05, 0) is 24.1 Å². The van der Waals surface area contributed by atoms with Crippen molar-refractivity contribution in [3.63, 3.8) is 0 Å². The van der Waals surface area contributed by atoms with E-state index in [1.54, 1.807) is 18.3 Å². The van der Waals surface area contributed by atoms with Gasteiger partial charge in [-0.1, -0.05) is 19.1 Å². The van der Waals surface area contributed by atoms with Crippen LogP contribution in [0.1, 0.15) is 18.9 Å². The second-order valence-corrected chi connectivity index (χ2v) is 4.07. The summed E-state index contributed by atoms with van der Waals surface area (Å²) < 4.78 is 12.8. The lowest BCUT2D eigenvalue weighted by atomic mass is 10.2. The van der Waals surface area contributed by atoms with Crippen LogP contribution in [0.25, 0.3) is 0 Å². The largest absolute Gasteiger partial charge is 0.365 e. The molecule has 0 atom stereocenters. The van der Waals surface area contributed by atoms with Gasteiger partial charge in [-0.25, -0.2) is 4.39 Å². The molecule has 0 radical (unpaired) electrons. The maximum atomic E-state index is 12.8. The highest BCUT2D eigenvalue weighted by Gasteiger charge is 2.00. The normalized spacial score (nSPS) is 10.2. The van der Waals surface area contributed by atoms with Crippen molar-refractivity contribution in [1.29, 1.82) is 0 Å². The molecule has 5 nitrogen and oxygen atoms in total. The summed E-state index contributed by atoms with van der Waals surface area (Å²) in [6.45, 7) is 3.44. The van der Waals surface area contributed by atoms with Crippen LogP contribution in [0.4, 0.5) is 16.2 Å². The van der Waals surface area contributed by atoms with E-state index in [-0.39, 0.29) is 5.82 Å². The molecule has 100 valence electrons. The molecule has 0 fully saturated rings. The fourth-order valence-corrected chi connectivity index (χ4v) is 1.50. The monoisotopic (exact) mass is 261 g/mol. The molecule has 6 heteroatoms. The highest BCUT2D eigenvalue weighted by atomic mass is 19.1. The molecule has 1 heterocycles. The fourth-order valence-electron chi connectivity index (χ4n) is 1.50. The Labute approximate surface area is 111 Å². The number of nitrogens with zero attached hydrogens (tertiary/aromatic N) is 3. The molecule has 0 unspecified atom stereocenters. The van der Waals surface area contributed by atoms with Crippen molar-refractivity contribution in [2.75, 3.05) is 17.2 Å². The third kappa shape index (κ3) is 4.17. The van der Waals surface area contributed by atoms with Crippen LogP contribution < -0.4 is 10.6 Å².